The van der Waals surface area contributed by atoms with Gasteiger partial charge in [0, 0.05) is 33.7 Å². The summed E-state index contributed by atoms with van der Waals surface area (Å²) >= 11 is 1.53. The first kappa shape index (κ1) is 17.5. The number of halogens is 1. The SMILES string of the molecule is COc1ccc(C2CC(=O)Nc3c(-c4ccccc4F)csc32)cc1OC. The van der Waals surface area contributed by atoms with Gasteiger partial charge in [-0.2, -0.15) is 0 Å². The van der Waals surface area contributed by atoms with Crippen LogP contribution in [0.1, 0.15) is 22.8 Å². The van der Waals surface area contributed by atoms with Gasteiger partial charge in [-0.25, -0.2) is 4.39 Å². The van der Waals surface area contributed by atoms with Crippen molar-refractivity contribution < 1.29 is 18.7 Å². The normalized spacial score (nSPS) is 15.8. The summed E-state index contributed by atoms with van der Waals surface area (Å²) in [7, 11) is 3.17. The lowest BCUT2D eigenvalue weighted by atomic mass is 9.89. The highest BCUT2D eigenvalue weighted by Gasteiger charge is 2.31. The Labute approximate surface area is 160 Å². The third kappa shape index (κ3) is 3.06. The summed E-state index contributed by atoms with van der Waals surface area (Å²) in [6.07, 6.45) is 0.333. The van der Waals surface area contributed by atoms with Crippen LogP contribution in [-0.2, 0) is 4.79 Å². The van der Waals surface area contributed by atoms with Gasteiger partial charge in [0.2, 0.25) is 5.91 Å². The van der Waals surface area contributed by atoms with Crippen LogP contribution in [0.4, 0.5) is 10.1 Å². The van der Waals surface area contributed by atoms with Gasteiger partial charge in [0.15, 0.2) is 11.5 Å². The van der Waals surface area contributed by atoms with Crippen LogP contribution in [0.3, 0.4) is 0 Å². The molecular formula is C21H18FNO3S. The molecular weight excluding hydrogens is 365 g/mol. The molecule has 0 spiro atoms. The zero-order chi connectivity index (χ0) is 19.0. The Morgan fingerprint density at radius 1 is 1.07 bits per heavy atom. The van der Waals surface area contributed by atoms with Crippen molar-refractivity contribution in [3.8, 4) is 22.6 Å². The van der Waals surface area contributed by atoms with Gasteiger partial charge >= 0.3 is 0 Å². The fourth-order valence-electron chi connectivity index (χ4n) is 3.44. The molecule has 0 saturated heterocycles. The van der Waals surface area contributed by atoms with Crippen molar-refractivity contribution in [2.24, 2.45) is 0 Å². The molecule has 2 aromatic carbocycles. The maximum Gasteiger partial charge on any atom is 0.225 e. The topological polar surface area (TPSA) is 47.6 Å². The minimum Gasteiger partial charge on any atom is -0.493 e. The van der Waals surface area contributed by atoms with E-state index in [1.807, 2.05) is 23.6 Å². The molecule has 1 unspecified atom stereocenters. The summed E-state index contributed by atoms with van der Waals surface area (Å²) < 4.78 is 25.0. The van der Waals surface area contributed by atoms with E-state index in [1.54, 1.807) is 32.4 Å². The Hall–Kier alpha value is -2.86. The molecule has 2 heterocycles. The molecule has 6 heteroatoms. The van der Waals surface area contributed by atoms with Gasteiger partial charge < -0.3 is 14.8 Å². The second-order valence-corrected chi connectivity index (χ2v) is 7.20. The lowest BCUT2D eigenvalue weighted by Crippen LogP contribution is -2.22. The number of methoxy groups -OCH3 is 2. The zero-order valence-electron chi connectivity index (χ0n) is 14.9. The summed E-state index contributed by atoms with van der Waals surface area (Å²) in [6.45, 7) is 0. The highest BCUT2D eigenvalue weighted by Crippen LogP contribution is 2.47. The molecule has 1 N–H and O–H groups in total. The van der Waals surface area contributed by atoms with Crippen LogP contribution in [0, 0.1) is 5.82 Å². The lowest BCUT2D eigenvalue weighted by molar-refractivity contribution is -0.116. The number of carbonyl (C=O) groups is 1. The monoisotopic (exact) mass is 383 g/mol. The maximum atomic E-state index is 14.3. The summed E-state index contributed by atoms with van der Waals surface area (Å²) in [4.78, 5) is 13.4. The van der Waals surface area contributed by atoms with Crippen LogP contribution in [-0.4, -0.2) is 20.1 Å². The van der Waals surface area contributed by atoms with E-state index in [2.05, 4.69) is 5.32 Å². The Kier molecular flexibility index (Phi) is 4.58. The number of hydrogen-bond donors (Lipinski definition) is 1. The molecule has 1 amide bonds. The molecule has 0 saturated carbocycles. The molecule has 0 fully saturated rings. The highest BCUT2D eigenvalue weighted by atomic mass is 32.1. The average molecular weight is 383 g/mol. The van der Waals surface area contributed by atoms with Gasteiger partial charge in [-0.15, -0.1) is 11.3 Å². The Balaban J connectivity index is 1.81. The average Bonchev–Trinajstić information content (AvgIpc) is 3.10. The van der Waals surface area contributed by atoms with Crippen LogP contribution in [0.25, 0.3) is 11.1 Å². The third-order valence-corrected chi connectivity index (χ3v) is 5.86. The number of hydrogen-bond acceptors (Lipinski definition) is 4. The van der Waals surface area contributed by atoms with Gasteiger partial charge in [-0.05, 0) is 23.8 Å². The van der Waals surface area contributed by atoms with Crippen LogP contribution in [0.5, 0.6) is 11.5 Å². The Morgan fingerprint density at radius 3 is 2.59 bits per heavy atom. The van der Waals surface area contributed by atoms with Crippen LogP contribution in [0.2, 0.25) is 0 Å². The molecule has 27 heavy (non-hydrogen) atoms. The molecule has 3 aromatic rings. The number of ether oxygens (including phenoxy) is 2. The van der Waals surface area contributed by atoms with E-state index in [0.717, 1.165) is 10.4 Å². The maximum absolute atomic E-state index is 14.3. The summed E-state index contributed by atoms with van der Waals surface area (Å²) in [5.74, 6) is 0.756. The summed E-state index contributed by atoms with van der Waals surface area (Å²) in [5, 5.41) is 4.84. The molecule has 138 valence electrons. The predicted molar refractivity (Wildman–Crippen MR) is 104 cm³/mol. The molecule has 1 aliphatic rings. The van der Waals surface area contributed by atoms with E-state index in [0.29, 0.717) is 34.7 Å². The number of nitrogens with one attached hydrogen (secondary N) is 1. The number of thiophene rings is 1. The van der Waals surface area contributed by atoms with Crippen molar-refractivity contribution in [3.05, 3.63) is 64.1 Å². The van der Waals surface area contributed by atoms with E-state index in [4.69, 9.17) is 9.47 Å². The third-order valence-electron chi connectivity index (χ3n) is 4.76. The summed E-state index contributed by atoms with van der Waals surface area (Å²) in [6, 6.07) is 12.3. The summed E-state index contributed by atoms with van der Waals surface area (Å²) in [5.41, 5.74) is 2.86. The standard InChI is InChI=1S/C21H18FNO3S/c1-25-17-8-7-12(9-18(17)26-2)14-10-19(24)23-20-15(11-27-21(14)20)13-5-3-4-6-16(13)22/h3-9,11,14H,10H2,1-2H3,(H,23,24). The smallest absolute Gasteiger partial charge is 0.225 e. The molecule has 1 atom stereocenters. The highest BCUT2D eigenvalue weighted by molar-refractivity contribution is 7.11. The van der Waals surface area contributed by atoms with Crippen molar-refractivity contribution in [1.82, 2.24) is 0 Å². The number of benzene rings is 2. The first-order valence-corrected chi connectivity index (χ1v) is 9.38. The molecule has 0 radical (unpaired) electrons. The predicted octanol–water partition coefficient (Wildman–Crippen LogP) is 5.05. The van der Waals surface area contributed by atoms with Crippen LogP contribution >= 0.6 is 11.3 Å². The van der Waals surface area contributed by atoms with E-state index >= 15 is 0 Å². The van der Waals surface area contributed by atoms with Crippen LogP contribution < -0.4 is 14.8 Å². The van der Waals surface area contributed by atoms with Crippen LogP contribution in [0.15, 0.2) is 47.8 Å². The Morgan fingerprint density at radius 2 is 1.85 bits per heavy atom. The van der Waals surface area contributed by atoms with E-state index in [9.17, 15) is 9.18 Å². The molecule has 1 aromatic heterocycles. The van der Waals surface area contributed by atoms with Gasteiger partial charge in [-0.3, -0.25) is 4.79 Å². The largest absolute Gasteiger partial charge is 0.493 e. The lowest BCUT2D eigenvalue weighted by Gasteiger charge is -2.24. The fraction of sp³-hybridized carbons (Fsp3) is 0.190. The minimum atomic E-state index is -0.305. The van der Waals surface area contributed by atoms with E-state index in [-0.39, 0.29) is 17.6 Å². The van der Waals surface area contributed by atoms with Crippen molar-refractivity contribution in [2.75, 3.05) is 19.5 Å². The van der Waals surface area contributed by atoms with Gasteiger partial charge in [0.1, 0.15) is 5.82 Å². The molecule has 4 rings (SSSR count). The quantitative estimate of drug-likeness (QED) is 0.686. The second-order valence-electron chi connectivity index (χ2n) is 6.29. The van der Waals surface area contributed by atoms with Gasteiger partial charge in [0.25, 0.3) is 0 Å². The van der Waals surface area contributed by atoms with Crippen molar-refractivity contribution >= 4 is 22.9 Å². The van der Waals surface area contributed by atoms with E-state index in [1.165, 1.54) is 17.4 Å². The molecule has 0 bridgehead atoms. The zero-order valence-corrected chi connectivity index (χ0v) is 15.7. The number of rotatable bonds is 4. The second kappa shape index (κ2) is 7.04. The molecule has 4 nitrogen and oxygen atoms in total. The van der Waals surface area contributed by atoms with Crippen molar-refractivity contribution in [1.29, 1.82) is 0 Å². The first-order chi connectivity index (χ1) is 13.1. The number of fused-ring (bicyclic) bond motifs is 1. The van der Waals surface area contributed by atoms with E-state index < -0.39 is 0 Å². The fourth-order valence-corrected chi connectivity index (χ4v) is 4.60. The van der Waals surface area contributed by atoms with Gasteiger partial charge in [0.05, 0.1) is 19.9 Å². The first-order valence-electron chi connectivity index (χ1n) is 8.50. The minimum absolute atomic E-state index is 0.0849. The van der Waals surface area contributed by atoms with Crippen molar-refractivity contribution in [3.63, 3.8) is 0 Å². The molecule has 1 aliphatic heterocycles. The van der Waals surface area contributed by atoms with Crippen molar-refractivity contribution in [2.45, 2.75) is 12.3 Å². The Bertz CT molecular complexity index is 1010. The molecule has 0 aliphatic carbocycles. The number of anilines is 1. The van der Waals surface area contributed by atoms with Gasteiger partial charge in [-0.1, -0.05) is 24.3 Å². The number of carbonyl (C=O) groups excluding carboxylic acids is 1. The number of amides is 1.